The number of hydrogen-bond donors (Lipinski definition) is 3. The second-order valence-corrected chi connectivity index (χ2v) is 9.05. The Morgan fingerprint density at radius 2 is 1.80 bits per heavy atom. The van der Waals surface area contributed by atoms with E-state index in [9.17, 15) is 18.3 Å². The molecule has 3 N–H and O–H groups in total. The second kappa shape index (κ2) is 10.7. The molecule has 35 heavy (non-hydrogen) atoms. The molecule has 4 rings (SSSR count). The third kappa shape index (κ3) is 6.58. The fourth-order valence-electron chi connectivity index (χ4n) is 3.12. The molecule has 0 aliphatic carbocycles. The SMILES string of the molecule is Oc1c(Br)cc(Br)cc1/C=N/Nc1nc(Nc2cccc(C(F)(F)F)c2)nc(N2CCOCC2)n1. The molecule has 1 fully saturated rings. The van der Waals surface area contributed by atoms with E-state index in [1.165, 1.54) is 18.3 Å². The van der Waals surface area contributed by atoms with Gasteiger partial charge in [-0.25, -0.2) is 5.43 Å². The maximum atomic E-state index is 13.1. The molecule has 3 aromatic rings. The van der Waals surface area contributed by atoms with E-state index in [4.69, 9.17) is 4.74 Å². The summed E-state index contributed by atoms with van der Waals surface area (Å²) in [4.78, 5) is 14.8. The van der Waals surface area contributed by atoms with Crippen LogP contribution in [0.3, 0.4) is 0 Å². The van der Waals surface area contributed by atoms with Gasteiger partial charge in [-0.2, -0.15) is 33.2 Å². The number of phenolic OH excluding ortho intramolecular Hbond substituents is 1. The lowest BCUT2D eigenvalue weighted by Gasteiger charge is -2.27. The van der Waals surface area contributed by atoms with E-state index in [-0.39, 0.29) is 23.3 Å². The summed E-state index contributed by atoms with van der Waals surface area (Å²) in [6.45, 7) is 2.05. The highest BCUT2D eigenvalue weighted by Crippen LogP contribution is 2.32. The zero-order valence-corrected chi connectivity index (χ0v) is 21.0. The molecule has 1 saturated heterocycles. The molecule has 14 heteroatoms. The van der Waals surface area contributed by atoms with Crippen molar-refractivity contribution in [3.8, 4) is 5.75 Å². The molecule has 0 amide bonds. The van der Waals surface area contributed by atoms with Crippen LogP contribution in [-0.4, -0.2) is 52.6 Å². The predicted molar refractivity (Wildman–Crippen MR) is 132 cm³/mol. The number of rotatable bonds is 6. The lowest BCUT2D eigenvalue weighted by atomic mass is 10.2. The van der Waals surface area contributed by atoms with Crippen molar-refractivity contribution in [3.05, 3.63) is 56.5 Å². The fourth-order valence-corrected chi connectivity index (χ4v) is 4.38. The van der Waals surface area contributed by atoms with E-state index < -0.39 is 11.7 Å². The molecule has 2 aromatic carbocycles. The minimum absolute atomic E-state index is 0.00435. The number of hydrazone groups is 1. The van der Waals surface area contributed by atoms with E-state index in [0.29, 0.717) is 42.3 Å². The first-order valence-electron chi connectivity index (χ1n) is 10.2. The fraction of sp³-hybridized carbons (Fsp3) is 0.238. The number of phenols is 1. The smallest absolute Gasteiger partial charge is 0.416 e. The van der Waals surface area contributed by atoms with Crippen molar-refractivity contribution < 1.29 is 23.0 Å². The maximum absolute atomic E-state index is 13.1. The van der Waals surface area contributed by atoms with Gasteiger partial charge in [0.05, 0.1) is 29.5 Å². The number of ether oxygens (including phenoxy) is 1. The molecule has 0 bridgehead atoms. The summed E-state index contributed by atoms with van der Waals surface area (Å²) < 4.78 is 45.9. The van der Waals surface area contributed by atoms with Crippen molar-refractivity contribution in [1.29, 1.82) is 0 Å². The molecule has 184 valence electrons. The number of halogens is 5. The molecular weight excluding hydrogens is 599 g/mol. The number of anilines is 4. The number of nitrogens with one attached hydrogen (secondary N) is 2. The van der Waals surface area contributed by atoms with Crippen molar-refractivity contribution in [2.75, 3.05) is 41.9 Å². The van der Waals surface area contributed by atoms with Gasteiger partial charge in [0.15, 0.2) is 0 Å². The first-order valence-corrected chi connectivity index (χ1v) is 11.8. The third-order valence-corrected chi connectivity index (χ3v) is 5.85. The van der Waals surface area contributed by atoms with Gasteiger partial charge in [-0.3, -0.25) is 0 Å². The Morgan fingerprint density at radius 1 is 1.06 bits per heavy atom. The molecule has 0 spiro atoms. The number of alkyl halides is 3. The Morgan fingerprint density at radius 3 is 2.54 bits per heavy atom. The zero-order valence-electron chi connectivity index (χ0n) is 17.9. The van der Waals surface area contributed by atoms with Gasteiger partial charge in [0, 0.05) is 28.8 Å². The van der Waals surface area contributed by atoms with Crippen LogP contribution in [0.2, 0.25) is 0 Å². The Hall–Kier alpha value is -2.97. The standard InChI is InChI=1S/C21H18Br2F3N7O2/c22-14-8-12(17(34)16(23)10-14)11-27-32-19-29-18(30-20(31-19)33-4-6-35-7-5-33)28-15-3-1-2-13(9-15)21(24,25)26/h1-3,8-11,34H,4-7H2,(H2,28,29,30,31,32)/b27-11+. The molecule has 1 aromatic heterocycles. The Bertz CT molecular complexity index is 1240. The zero-order chi connectivity index (χ0) is 25.0. The van der Waals surface area contributed by atoms with Crippen LogP contribution in [0.25, 0.3) is 0 Å². The molecule has 2 heterocycles. The number of nitrogens with zero attached hydrogens (tertiary/aromatic N) is 5. The van der Waals surface area contributed by atoms with Crippen LogP contribution in [-0.2, 0) is 10.9 Å². The Labute approximate surface area is 214 Å². The molecule has 1 aliphatic rings. The molecule has 9 nitrogen and oxygen atoms in total. The average Bonchev–Trinajstić information content (AvgIpc) is 2.82. The van der Waals surface area contributed by atoms with E-state index >= 15 is 0 Å². The molecule has 0 unspecified atom stereocenters. The summed E-state index contributed by atoms with van der Waals surface area (Å²) in [6.07, 6.45) is -3.10. The molecule has 1 aliphatic heterocycles. The number of morpholine rings is 1. The minimum Gasteiger partial charge on any atom is -0.506 e. The van der Waals surface area contributed by atoms with Crippen LogP contribution in [0.4, 0.5) is 36.7 Å². The van der Waals surface area contributed by atoms with Crippen LogP contribution in [0.15, 0.2) is 50.4 Å². The first kappa shape index (κ1) is 25.1. The van der Waals surface area contributed by atoms with Gasteiger partial charge in [0.2, 0.25) is 17.8 Å². The van der Waals surface area contributed by atoms with Crippen LogP contribution < -0.4 is 15.6 Å². The molecule has 0 saturated carbocycles. The summed E-state index contributed by atoms with van der Waals surface area (Å²) in [5.41, 5.74) is 2.47. The lowest BCUT2D eigenvalue weighted by molar-refractivity contribution is -0.137. The van der Waals surface area contributed by atoms with Crippen molar-refractivity contribution in [3.63, 3.8) is 0 Å². The summed E-state index contributed by atoms with van der Waals surface area (Å²) >= 11 is 6.60. The largest absolute Gasteiger partial charge is 0.506 e. The first-order chi connectivity index (χ1) is 16.7. The molecule has 0 atom stereocenters. The van der Waals surface area contributed by atoms with E-state index in [1.54, 1.807) is 12.1 Å². The Balaban J connectivity index is 1.61. The summed E-state index contributed by atoms with van der Waals surface area (Å²) in [6, 6.07) is 8.07. The highest BCUT2D eigenvalue weighted by Gasteiger charge is 2.30. The van der Waals surface area contributed by atoms with E-state index in [2.05, 4.69) is 62.7 Å². The summed E-state index contributed by atoms with van der Waals surface area (Å²) in [5.74, 6) is 0.395. The Kier molecular flexibility index (Phi) is 7.72. The molecule has 0 radical (unpaired) electrons. The van der Waals surface area contributed by atoms with Crippen LogP contribution in [0.5, 0.6) is 5.75 Å². The van der Waals surface area contributed by atoms with Gasteiger partial charge in [0.25, 0.3) is 0 Å². The van der Waals surface area contributed by atoms with Crippen LogP contribution in [0, 0.1) is 0 Å². The van der Waals surface area contributed by atoms with Gasteiger partial charge in [-0.05, 0) is 46.3 Å². The summed E-state index contributed by atoms with van der Waals surface area (Å²) in [7, 11) is 0. The van der Waals surface area contributed by atoms with E-state index in [1.807, 2.05) is 4.90 Å². The predicted octanol–water partition coefficient (Wildman–Crippen LogP) is 5.15. The lowest BCUT2D eigenvalue weighted by Crippen LogP contribution is -2.37. The minimum atomic E-state index is -4.48. The van der Waals surface area contributed by atoms with Crippen LogP contribution in [0.1, 0.15) is 11.1 Å². The summed E-state index contributed by atoms with van der Waals surface area (Å²) in [5, 5.41) is 17.1. The van der Waals surface area contributed by atoms with Gasteiger partial charge < -0.3 is 20.1 Å². The normalized spacial score (nSPS) is 14.4. The van der Waals surface area contributed by atoms with Gasteiger partial charge >= 0.3 is 6.18 Å². The van der Waals surface area contributed by atoms with Gasteiger partial charge in [0.1, 0.15) is 5.75 Å². The highest BCUT2D eigenvalue weighted by molar-refractivity contribution is 9.11. The second-order valence-electron chi connectivity index (χ2n) is 7.28. The van der Waals surface area contributed by atoms with Gasteiger partial charge in [-0.1, -0.05) is 22.0 Å². The quantitative estimate of drug-likeness (QED) is 0.258. The average molecular weight is 617 g/mol. The van der Waals surface area contributed by atoms with Crippen molar-refractivity contribution >= 4 is 61.6 Å². The number of benzene rings is 2. The van der Waals surface area contributed by atoms with Gasteiger partial charge in [-0.15, -0.1) is 0 Å². The van der Waals surface area contributed by atoms with E-state index in [0.717, 1.165) is 16.6 Å². The number of aromatic nitrogens is 3. The van der Waals surface area contributed by atoms with Crippen molar-refractivity contribution in [1.82, 2.24) is 15.0 Å². The van der Waals surface area contributed by atoms with Crippen LogP contribution >= 0.6 is 31.9 Å². The topological polar surface area (TPSA) is 108 Å². The highest BCUT2D eigenvalue weighted by atomic mass is 79.9. The molecular formula is C21H18Br2F3N7O2. The number of aromatic hydroxyl groups is 1. The van der Waals surface area contributed by atoms with Crippen molar-refractivity contribution in [2.24, 2.45) is 5.10 Å². The van der Waals surface area contributed by atoms with Crippen molar-refractivity contribution in [2.45, 2.75) is 6.18 Å². The maximum Gasteiger partial charge on any atom is 0.416 e. The third-order valence-electron chi connectivity index (χ3n) is 4.79. The monoisotopic (exact) mass is 615 g/mol. The number of hydrogen-bond acceptors (Lipinski definition) is 9.